The zero-order chi connectivity index (χ0) is 13.3. The molecule has 3 atom stereocenters. The molecule has 1 amide bonds. The Bertz CT molecular complexity index is 405. The van der Waals surface area contributed by atoms with Crippen molar-refractivity contribution in [3.63, 3.8) is 0 Å². The lowest BCUT2D eigenvalue weighted by atomic mass is 9.44. The molecule has 1 N–H and O–H groups in total. The van der Waals surface area contributed by atoms with Crippen molar-refractivity contribution < 1.29 is 9.90 Å². The highest BCUT2D eigenvalue weighted by Crippen LogP contribution is 2.65. The van der Waals surface area contributed by atoms with Crippen molar-refractivity contribution in [2.45, 2.75) is 58.0 Å². The van der Waals surface area contributed by atoms with E-state index in [-0.39, 0.29) is 11.5 Å². The molecule has 5 fully saturated rings. The second-order valence-electron chi connectivity index (χ2n) is 8.25. The molecular formula is C16H25NO2. The SMILES string of the molecule is CC12CC3CC(C1)CC(C(=O)N1CC[C@@H](O)C1)(C3)C2. The fraction of sp³-hybridized carbons (Fsp3) is 0.938. The quantitative estimate of drug-likeness (QED) is 0.788. The number of aliphatic hydroxyl groups is 1. The summed E-state index contributed by atoms with van der Waals surface area (Å²) in [6.07, 6.45) is 7.92. The summed E-state index contributed by atoms with van der Waals surface area (Å²) in [5.74, 6) is 1.97. The summed E-state index contributed by atoms with van der Waals surface area (Å²) in [4.78, 5) is 15.0. The first kappa shape index (κ1) is 12.2. The largest absolute Gasteiger partial charge is 0.391 e. The molecule has 19 heavy (non-hydrogen) atoms. The predicted octanol–water partition coefficient (Wildman–Crippen LogP) is 2.19. The van der Waals surface area contributed by atoms with Crippen molar-refractivity contribution in [1.82, 2.24) is 4.90 Å². The second-order valence-corrected chi connectivity index (χ2v) is 8.25. The van der Waals surface area contributed by atoms with Crippen LogP contribution in [-0.4, -0.2) is 35.1 Å². The third-order valence-electron chi connectivity index (χ3n) is 6.26. The standard InChI is InChI=1S/C16H25NO2/c1-15-5-11-4-12(6-15)8-16(7-11,10-15)14(19)17-3-2-13(18)9-17/h11-13,18H,2-10H2,1H3/t11?,12?,13-,15?,16?/m1/s1. The van der Waals surface area contributed by atoms with Crippen molar-refractivity contribution in [3.05, 3.63) is 0 Å². The van der Waals surface area contributed by atoms with Gasteiger partial charge in [-0.3, -0.25) is 4.79 Å². The van der Waals surface area contributed by atoms with Gasteiger partial charge in [-0.1, -0.05) is 6.92 Å². The number of carbonyl (C=O) groups is 1. The van der Waals surface area contributed by atoms with Crippen molar-refractivity contribution in [2.75, 3.05) is 13.1 Å². The number of carbonyl (C=O) groups excluding carboxylic acids is 1. The van der Waals surface area contributed by atoms with Crippen molar-refractivity contribution in [2.24, 2.45) is 22.7 Å². The molecule has 0 aromatic rings. The van der Waals surface area contributed by atoms with E-state index in [2.05, 4.69) is 6.92 Å². The summed E-state index contributed by atoms with van der Waals surface area (Å²) in [6, 6.07) is 0. The average Bonchev–Trinajstić information content (AvgIpc) is 2.71. The van der Waals surface area contributed by atoms with E-state index in [0.717, 1.165) is 44.1 Å². The molecular weight excluding hydrogens is 238 g/mol. The molecule has 1 aliphatic heterocycles. The van der Waals surface area contributed by atoms with E-state index in [9.17, 15) is 9.90 Å². The zero-order valence-corrected chi connectivity index (χ0v) is 11.9. The summed E-state index contributed by atoms with van der Waals surface area (Å²) >= 11 is 0. The molecule has 3 nitrogen and oxygen atoms in total. The van der Waals surface area contributed by atoms with E-state index in [1.54, 1.807) is 0 Å². The molecule has 1 saturated heterocycles. The minimum absolute atomic E-state index is 0.0527. The Hall–Kier alpha value is -0.570. The third-order valence-corrected chi connectivity index (χ3v) is 6.26. The Morgan fingerprint density at radius 2 is 1.89 bits per heavy atom. The summed E-state index contributed by atoms with van der Waals surface area (Å²) in [5, 5.41) is 9.69. The zero-order valence-electron chi connectivity index (χ0n) is 11.9. The molecule has 4 aliphatic carbocycles. The number of nitrogens with zero attached hydrogens (tertiary/aromatic N) is 1. The normalized spacial score (nSPS) is 51.9. The van der Waals surface area contributed by atoms with Crippen LogP contribution >= 0.6 is 0 Å². The van der Waals surface area contributed by atoms with Crippen LogP contribution in [0.5, 0.6) is 0 Å². The molecule has 1 heterocycles. The fourth-order valence-electron chi connectivity index (χ4n) is 6.23. The maximum Gasteiger partial charge on any atom is 0.228 e. The first-order valence-electron chi connectivity index (χ1n) is 7.96. The Morgan fingerprint density at radius 1 is 1.21 bits per heavy atom. The number of hydrogen-bond donors (Lipinski definition) is 1. The monoisotopic (exact) mass is 263 g/mol. The maximum atomic E-state index is 13.0. The maximum absolute atomic E-state index is 13.0. The van der Waals surface area contributed by atoms with Gasteiger partial charge in [0.1, 0.15) is 0 Å². The Kier molecular flexibility index (Phi) is 2.41. The molecule has 4 bridgehead atoms. The first-order chi connectivity index (χ1) is 8.98. The minimum atomic E-state index is -0.284. The summed E-state index contributed by atoms with van der Waals surface area (Å²) in [7, 11) is 0. The number of β-amino-alcohol motifs (C(OH)–C–C–N with tert-alkyl or cyclic N) is 1. The van der Waals surface area contributed by atoms with Crippen LogP contribution in [0.25, 0.3) is 0 Å². The molecule has 0 spiro atoms. The topological polar surface area (TPSA) is 40.5 Å². The lowest BCUT2D eigenvalue weighted by molar-refractivity contribution is -0.165. The highest BCUT2D eigenvalue weighted by molar-refractivity contribution is 5.83. The number of rotatable bonds is 1. The van der Waals surface area contributed by atoms with E-state index in [4.69, 9.17) is 0 Å². The molecule has 4 saturated carbocycles. The van der Waals surface area contributed by atoms with E-state index in [1.807, 2.05) is 4.90 Å². The Labute approximate surface area is 115 Å². The number of amides is 1. The van der Waals surface area contributed by atoms with Crippen LogP contribution in [0, 0.1) is 22.7 Å². The van der Waals surface area contributed by atoms with Crippen LogP contribution in [0.1, 0.15) is 51.9 Å². The second kappa shape index (κ2) is 3.75. The van der Waals surface area contributed by atoms with E-state index >= 15 is 0 Å². The van der Waals surface area contributed by atoms with Gasteiger partial charge in [0, 0.05) is 13.1 Å². The van der Waals surface area contributed by atoms with Crippen molar-refractivity contribution in [1.29, 1.82) is 0 Å². The number of likely N-dealkylation sites (tertiary alicyclic amines) is 1. The van der Waals surface area contributed by atoms with Crippen molar-refractivity contribution >= 4 is 5.91 Å². The Morgan fingerprint density at radius 3 is 2.42 bits per heavy atom. The predicted molar refractivity (Wildman–Crippen MR) is 72.4 cm³/mol. The summed E-state index contributed by atoms with van der Waals surface area (Å²) in [5.41, 5.74) is 0.376. The molecule has 0 aromatic carbocycles. The highest BCUT2D eigenvalue weighted by atomic mass is 16.3. The van der Waals surface area contributed by atoms with Gasteiger partial charge in [0.25, 0.3) is 0 Å². The Balaban J connectivity index is 1.61. The van der Waals surface area contributed by atoms with Gasteiger partial charge in [-0.2, -0.15) is 0 Å². The molecule has 5 rings (SSSR count). The van der Waals surface area contributed by atoms with Gasteiger partial charge < -0.3 is 10.0 Å². The molecule has 0 radical (unpaired) electrons. The van der Waals surface area contributed by atoms with Crippen LogP contribution in [0.15, 0.2) is 0 Å². The average molecular weight is 263 g/mol. The summed E-state index contributed by atoms with van der Waals surface area (Å²) < 4.78 is 0. The van der Waals surface area contributed by atoms with Crippen LogP contribution in [0.3, 0.4) is 0 Å². The summed E-state index contributed by atoms with van der Waals surface area (Å²) in [6.45, 7) is 3.76. The fourth-order valence-corrected chi connectivity index (χ4v) is 6.23. The van der Waals surface area contributed by atoms with Gasteiger partial charge in [0.05, 0.1) is 11.5 Å². The van der Waals surface area contributed by atoms with Gasteiger partial charge in [0.15, 0.2) is 0 Å². The lowest BCUT2D eigenvalue weighted by Crippen LogP contribution is -2.57. The number of hydrogen-bond acceptors (Lipinski definition) is 2. The van der Waals surface area contributed by atoms with Gasteiger partial charge >= 0.3 is 0 Å². The first-order valence-corrected chi connectivity index (χ1v) is 7.96. The minimum Gasteiger partial charge on any atom is -0.391 e. The highest BCUT2D eigenvalue weighted by Gasteiger charge is 2.59. The lowest BCUT2D eigenvalue weighted by Gasteiger charge is -2.61. The van der Waals surface area contributed by atoms with E-state index in [1.165, 1.54) is 19.3 Å². The molecule has 2 unspecified atom stereocenters. The van der Waals surface area contributed by atoms with Crippen LogP contribution in [0.4, 0.5) is 0 Å². The molecule has 0 aromatic heterocycles. The van der Waals surface area contributed by atoms with E-state index < -0.39 is 0 Å². The van der Waals surface area contributed by atoms with Crippen LogP contribution in [-0.2, 0) is 4.79 Å². The van der Waals surface area contributed by atoms with Crippen molar-refractivity contribution in [3.8, 4) is 0 Å². The third kappa shape index (κ3) is 1.77. The van der Waals surface area contributed by atoms with Gasteiger partial charge in [-0.05, 0) is 62.2 Å². The smallest absolute Gasteiger partial charge is 0.228 e. The van der Waals surface area contributed by atoms with E-state index in [0.29, 0.717) is 17.9 Å². The van der Waals surface area contributed by atoms with Crippen LogP contribution in [0.2, 0.25) is 0 Å². The molecule has 106 valence electrons. The van der Waals surface area contributed by atoms with Gasteiger partial charge in [-0.25, -0.2) is 0 Å². The van der Waals surface area contributed by atoms with Gasteiger partial charge in [-0.15, -0.1) is 0 Å². The molecule has 3 heteroatoms. The molecule has 5 aliphatic rings. The number of aliphatic hydroxyl groups excluding tert-OH is 1. The van der Waals surface area contributed by atoms with Gasteiger partial charge in [0.2, 0.25) is 5.91 Å². The van der Waals surface area contributed by atoms with Crippen LogP contribution < -0.4 is 0 Å².